The summed E-state index contributed by atoms with van der Waals surface area (Å²) in [5, 5.41) is 2.76. The Morgan fingerprint density at radius 1 is 1.12 bits per heavy atom. The van der Waals surface area contributed by atoms with E-state index in [0.29, 0.717) is 22.6 Å². The van der Waals surface area contributed by atoms with Crippen molar-refractivity contribution in [2.75, 3.05) is 12.4 Å². The van der Waals surface area contributed by atoms with E-state index in [0.717, 1.165) is 0 Å². The Morgan fingerprint density at radius 2 is 1.92 bits per heavy atom. The number of pyridine rings is 1. The normalized spacial score (nSPS) is 10.4. The van der Waals surface area contributed by atoms with Crippen LogP contribution < -0.4 is 15.6 Å². The van der Waals surface area contributed by atoms with Gasteiger partial charge in [-0.1, -0.05) is 24.3 Å². The van der Waals surface area contributed by atoms with E-state index in [4.69, 9.17) is 4.74 Å². The number of anilines is 1. The van der Waals surface area contributed by atoms with Gasteiger partial charge in [-0.25, -0.2) is 4.39 Å². The van der Waals surface area contributed by atoms with Gasteiger partial charge in [0.1, 0.15) is 11.6 Å². The van der Waals surface area contributed by atoms with Gasteiger partial charge in [0.15, 0.2) is 0 Å². The number of nitrogens with one attached hydrogen (secondary N) is 1. The van der Waals surface area contributed by atoms with E-state index in [1.165, 1.54) is 42.1 Å². The number of nitrogens with zero attached hydrogens (tertiary/aromatic N) is 1. The Bertz CT molecular complexity index is 998. The fraction of sp³-hybridized carbons (Fsp3) is 0.100. The molecule has 0 aliphatic carbocycles. The molecule has 0 bridgehead atoms. The van der Waals surface area contributed by atoms with Crippen LogP contribution >= 0.6 is 0 Å². The van der Waals surface area contributed by atoms with E-state index in [1.807, 2.05) is 0 Å². The predicted molar refractivity (Wildman–Crippen MR) is 97.2 cm³/mol. The molecule has 0 atom stereocenters. The second-order valence-electron chi connectivity index (χ2n) is 5.67. The van der Waals surface area contributed by atoms with Crippen molar-refractivity contribution >= 4 is 11.6 Å². The molecule has 1 amide bonds. The topological polar surface area (TPSA) is 60.3 Å². The Kier molecular flexibility index (Phi) is 5.12. The van der Waals surface area contributed by atoms with Gasteiger partial charge in [-0.05, 0) is 35.9 Å². The van der Waals surface area contributed by atoms with Crippen LogP contribution in [0.4, 0.5) is 10.1 Å². The number of carbonyl (C=O) groups is 1. The minimum atomic E-state index is -0.374. The van der Waals surface area contributed by atoms with Crippen molar-refractivity contribution in [1.29, 1.82) is 0 Å². The third-order valence-corrected chi connectivity index (χ3v) is 3.84. The number of aromatic nitrogens is 1. The van der Waals surface area contributed by atoms with Crippen molar-refractivity contribution in [2.24, 2.45) is 0 Å². The van der Waals surface area contributed by atoms with E-state index >= 15 is 0 Å². The van der Waals surface area contributed by atoms with Crippen LogP contribution in [0.2, 0.25) is 0 Å². The van der Waals surface area contributed by atoms with Gasteiger partial charge in [-0.3, -0.25) is 9.59 Å². The first kappa shape index (κ1) is 17.4. The number of hydrogen-bond donors (Lipinski definition) is 1. The van der Waals surface area contributed by atoms with E-state index in [-0.39, 0.29) is 23.8 Å². The molecule has 0 spiro atoms. The van der Waals surface area contributed by atoms with E-state index < -0.39 is 0 Å². The monoisotopic (exact) mass is 352 g/mol. The number of halogens is 1. The Balaban J connectivity index is 1.84. The van der Waals surface area contributed by atoms with Gasteiger partial charge in [0.05, 0.1) is 24.9 Å². The molecular weight excluding hydrogens is 335 g/mol. The van der Waals surface area contributed by atoms with E-state index in [9.17, 15) is 14.0 Å². The second kappa shape index (κ2) is 7.65. The molecule has 0 aliphatic heterocycles. The number of rotatable bonds is 5. The molecule has 0 fully saturated rings. The molecule has 0 saturated carbocycles. The summed E-state index contributed by atoms with van der Waals surface area (Å²) in [5.74, 6) is -0.211. The molecular formula is C20H17FN2O3. The maximum Gasteiger partial charge on any atom is 0.257 e. The van der Waals surface area contributed by atoms with Gasteiger partial charge in [-0.15, -0.1) is 0 Å². The summed E-state index contributed by atoms with van der Waals surface area (Å²) in [6.45, 7) is 0.173. The summed E-state index contributed by atoms with van der Waals surface area (Å²) >= 11 is 0. The number of ether oxygens (including phenoxy) is 1. The molecule has 0 radical (unpaired) electrons. The van der Waals surface area contributed by atoms with Crippen molar-refractivity contribution in [1.82, 2.24) is 4.57 Å². The zero-order valence-corrected chi connectivity index (χ0v) is 14.1. The molecule has 1 N–H and O–H groups in total. The number of carbonyl (C=O) groups excluding carboxylic acids is 1. The molecule has 1 heterocycles. The van der Waals surface area contributed by atoms with Crippen molar-refractivity contribution < 1.29 is 13.9 Å². The average Bonchev–Trinajstić information content (AvgIpc) is 2.64. The van der Waals surface area contributed by atoms with Crippen LogP contribution in [0.15, 0.2) is 71.7 Å². The highest BCUT2D eigenvalue weighted by Crippen LogP contribution is 2.23. The summed E-state index contributed by atoms with van der Waals surface area (Å²) in [6.07, 6.45) is 1.46. The number of amides is 1. The molecule has 3 aromatic rings. The maximum absolute atomic E-state index is 13.3. The largest absolute Gasteiger partial charge is 0.495 e. The summed E-state index contributed by atoms with van der Waals surface area (Å²) in [5.41, 5.74) is 1.20. The quantitative estimate of drug-likeness (QED) is 0.766. The van der Waals surface area contributed by atoms with Crippen LogP contribution in [-0.4, -0.2) is 17.6 Å². The lowest BCUT2D eigenvalue weighted by Gasteiger charge is -2.11. The number of hydrogen-bond acceptors (Lipinski definition) is 3. The summed E-state index contributed by atoms with van der Waals surface area (Å²) < 4.78 is 19.9. The molecule has 132 valence electrons. The van der Waals surface area contributed by atoms with Crippen LogP contribution in [0.3, 0.4) is 0 Å². The lowest BCUT2D eigenvalue weighted by molar-refractivity contribution is 0.102. The lowest BCUT2D eigenvalue weighted by Crippen LogP contribution is -2.22. The van der Waals surface area contributed by atoms with Crippen LogP contribution in [-0.2, 0) is 6.54 Å². The minimum absolute atomic E-state index is 0.173. The van der Waals surface area contributed by atoms with Gasteiger partial charge in [0, 0.05) is 12.3 Å². The molecule has 6 heteroatoms. The van der Waals surface area contributed by atoms with E-state index in [1.54, 1.807) is 36.4 Å². The zero-order valence-electron chi connectivity index (χ0n) is 14.1. The molecule has 26 heavy (non-hydrogen) atoms. The number of benzene rings is 2. The Hall–Kier alpha value is -3.41. The van der Waals surface area contributed by atoms with Crippen molar-refractivity contribution in [3.63, 3.8) is 0 Å². The highest BCUT2D eigenvalue weighted by Gasteiger charge is 2.11. The standard InChI is InChI=1S/C20H17FN2O3/c1-26-18-8-3-2-7-17(18)22-20(25)15-9-10-19(24)23(13-15)12-14-5-4-6-16(21)11-14/h2-11,13H,12H2,1H3,(H,22,25). The summed E-state index contributed by atoms with van der Waals surface area (Å²) in [6, 6.07) is 15.8. The van der Waals surface area contributed by atoms with Gasteiger partial charge < -0.3 is 14.6 Å². The average molecular weight is 352 g/mol. The van der Waals surface area contributed by atoms with Crippen LogP contribution in [0.5, 0.6) is 5.75 Å². The highest BCUT2D eigenvalue weighted by atomic mass is 19.1. The minimum Gasteiger partial charge on any atom is -0.495 e. The lowest BCUT2D eigenvalue weighted by atomic mass is 10.2. The van der Waals surface area contributed by atoms with Crippen LogP contribution in [0.25, 0.3) is 0 Å². The van der Waals surface area contributed by atoms with Crippen molar-refractivity contribution in [3.05, 3.63) is 94.2 Å². The molecule has 1 aromatic heterocycles. The highest BCUT2D eigenvalue weighted by molar-refractivity contribution is 6.04. The van der Waals surface area contributed by atoms with Gasteiger partial charge in [-0.2, -0.15) is 0 Å². The first-order valence-corrected chi connectivity index (χ1v) is 7.96. The molecule has 2 aromatic carbocycles. The first-order chi connectivity index (χ1) is 12.6. The third-order valence-electron chi connectivity index (χ3n) is 3.84. The third kappa shape index (κ3) is 3.97. The second-order valence-corrected chi connectivity index (χ2v) is 5.67. The summed E-state index contributed by atoms with van der Waals surface area (Å²) in [4.78, 5) is 24.6. The first-order valence-electron chi connectivity index (χ1n) is 7.96. The van der Waals surface area contributed by atoms with E-state index in [2.05, 4.69) is 5.32 Å². The van der Waals surface area contributed by atoms with Crippen molar-refractivity contribution in [2.45, 2.75) is 6.54 Å². The molecule has 0 unspecified atom stereocenters. The smallest absolute Gasteiger partial charge is 0.257 e. The molecule has 0 aliphatic rings. The Morgan fingerprint density at radius 3 is 2.69 bits per heavy atom. The fourth-order valence-electron chi connectivity index (χ4n) is 2.56. The Labute approximate surface area is 149 Å². The SMILES string of the molecule is COc1ccccc1NC(=O)c1ccc(=O)n(Cc2cccc(F)c2)c1. The fourth-order valence-corrected chi connectivity index (χ4v) is 2.56. The van der Waals surface area contributed by atoms with Gasteiger partial charge in [0.2, 0.25) is 0 Å². The molecule has 0 saturated heterocycles. The van der Waals surface area contributed by atoms with Crippen LogP contribution in [0, 0.1) is 5.82 Å². The molecule has 3 rings (SSSR count). The zero-order chi connectivity index (χ0) is 18.5. The summed E-state index contributed by atoms with van der Waals surface area (Å²) in [7, 11) is 1.52. The maximum atomic E-state index is 13.3. The number of methoxy groups -OCH3 is 1. The predicted octanol–water partition coefficient (Wildman–Crippen LogP) is 3.30. The number of para-hydroxylation sites is 2. The molecule has 5 nitrogen and oxygen atoms in total. The van der Waals surface area contributed by atoms with Crippen molar-refractivity contribution in [3.8, 4) is 5.75 Å². The van der Waals surface area contributed by atoms with Gasteiger partial charge >= 0.3 is 0 Å². The van der Waals surface area contributed by atoms with Gasteiger partial charge in [0.25, 0.3) is 11.5 Å². The van der Waals surface area contributed by atoms with Crippen LogP contribution in [0.1, 0.15) is 15.9 Å².